The number of hydrogen-bond donors (Lipinski definition) is 1. The van der Waals surface area contributed by atoms with Crippen molar-refractivity contribution < 1.29 is 23.1 Å². The summed E-state index contributed by atoms with van der Waals surface area (Å²) in [5.41, 5.74) is -3.32. The normalized spacial score (nSPS) is 20.5. The fourth-order valence-corrected chi connectivity index (χ4v) is 2.51. The number of benzene rings is 1. The fraction of sp³-hybridized carbons (Fsp3) is 0.188. The Kier molecular flexibility index (Phi) is 4.26. The van der Waals surface area contributed by atoms with Gasteiger partial charge < -0.3 is 5.11 Å². The molecule has 2 aromatic rings. The number of carbonyl (C=O) groups is 1. The minimum absolute atomic E-state index is 0.0680. The van der Waals surface area contributed by atoms with Gasteiger partial charge in [-0.25, -0.2) is 0 Å². The van der Waals surface area contributed by atoms with Crippen LogP contribution in [0.25, 0.3) is 0 Å². The third-order valence-corrected chi connectivity index (χ3v) is 3.97. The smallest absolute Gasteiger partial charge is 0.362 e. The molecule has 1 aliphatic heterocycles. The molecule has 0 aliphatic carbocycles. The van der Waals surface area contributed by atoms with E-state index in [1.807, 2.05) is 0 Å². The molecule has 9 heteroatoms. The second-order valence-electron chi connectivity index (χ2n) is 5.40. The molecule has 1 aliphatic rings. The minimum atomic E-state index is -5.09. The van der Waals surface area contributed by atoms with Crippen molar-refractivity contribution >= 4 is 23.2 Å². The van der Waals surface area contributed by atoms with Crippen molar-refractivity contribution in [2.45, 2.75) is 18.3 Å². The van der Waals surface area contributed by atoms with Crippen LogP contribution in [-0.2, 0) is 0 Å². The van der Waals surface area contributed by atoms with Crippen LogP contribution < -0.4 is 0 Å². The summed E-state index contributed by atoms with van der Waals surface area (Å²) in [7, 11) is 0. The zero-order valence-electron chi connectivity index (χ0n) is 12.5. The molecule has 5 nitrogen and oxygen atoms in total. The zero-order chi connectivity index (χ0) is 18.2. The Morgan fingerprint density at radius 3 is 2.48 bits per heavy atom. The number of aromatic nitrogens is 1. The molecule has 1 N–H and O–H groups in total. The maximum absolute atomic E-state index is 13.5. The first-order chi connectivity index (χ1) is 11.7. The average Bonchev–Trinajstić information content (AvgIpc) is 2.95. The topological polar surface area (TPSA) is 65.8 Å². The monoisotopic (exact) mass is 369 g/mol. The summed E-state index contributed by atoms with van der Waals surface area (Å²) in [5, 5.41) is 14.3. The largest absolute Gasteiger partial charge is 0.438 e. The number of hydrogen-bond acceptors (Lipinski definition) is 4. The average molecular weight is 370 g/mol. The Labute approximate surface area is 145 Å². The van der Waals surface area contributed by atoms with Crippen LogP contribution in [0.4, 0.5) is 13.2 Å². The standard InChI is InChI=1S/C16H11ClF3N3O2/c17-12-5-3-10(4-6-12)14(24)23-15(25,16(18,19)20)8-13(22-23)11-2-1-7-21-9-11/h1-7,9,25H,8H2. The van der Waals surface area contributed by atoms with Crippen LogP contribution in [0.5, 0.6) is 0 Å². The molecule has 3 rings (SSSR count). The SMILES string of the molecule is O=C(c1ccc(Cl)cc1)N1N=C(c2cccnc2)CC1(O)C(F)(F)F. The Morgan fingerprint density at radius 2 is 1.92 bits per heavy atom. The predicted octanol–water partition coefficient (Wildman–Crippen LogP) is 3.24. The molecule has 0 bridgehead atoms. The predicted molar refractivity (Wildman–Crippen MR) is 84.0 cm³/mol. The number of hydrazone groups is 1. The van der Waals surface area contributed by atoms with Crippen LogP contribution in [0.1, 0.15) is 22.3 Å². The second-order valence-corrected chi connectivity index (χ2v) is 5.84. The van der Waals surface area contributed by atoms with Crippen molar-refractivity contribution in [3.05, 3.63) is 64.9 Å². The summed E-state index contributed by atoms with van der Waals surface area (Å²) < 4.78 is 40.4. The van der Waals surface area contributed by atoms with Gasteiger partial charge in [-0.05, 0) is 30.3 Å². The lowest BCUT2D eigenvalue weighted by molar-refractivity contribution is -0.297. The first-order valence-electron chi connectivity index (χ1n) is 7.09. The molecule has 25 heavy (non-hydrogen) atoms. The Hall–Kier alpha value is -2.45. The third kappa shape index (κ3) is 3.10. The number of aliphatic hydroxyl groups is 1. The van der Waals surface area contributed by atoms with E-state index in [2.05, 4.69) is 10.1 Å². The molecular weight excluding hydrogens is 359 g/mol. The van der Waals surface area contributed by atoms with Gasteiger partial charge in [-0.2, -0.15) is 23.3 Å². The molecule has 0 fully saturated rings. The number of amides is 1. The van der Waals surface area contributed by atoms with Gasteiger partial charge in [-0.15, -0.1) is 0 Å². The van der Waals surface area contributed by atoms with Gasteiger partial charge in [0.15, 0.2) is 0 Å². The molecule has 1 unspecified atom stereocenters. The van der Waals surface area contributed by atoms with Crippen LogP contribution in [0.2, 0.25) is 5.02 Å². The number of carbonyl (C=O) groups excluding carboxylic acids is 1. The lowest BCUT2D eigenvalue weighted by Gasteiger charge is -2.32. The van der Waals surface area contributed by atoms with Crippen LogP contribution in [0.15, 0.2) is 53.9 Å². The van der Waals surface area contributed by atoms with Crippen molar-refractivity contribution in [2.24, 2.45) is 5.10 Å². The minimum Gasteiger partial charge on any atom is -0.362 e. The van der Waals surface area contributed by atoms with Crippen molar-refractivity contribution in [3.8, 4) is 0 Å². The summed E-state index contributed by atoms with van der Waals surface area (Å²) in [6.45, 7) is 0. The highest BCUT2D eigenvalue weighted by Crippen LogP contribution is 2.41. The van der Waals surface area contributed by atoms with Gasteiger partial charge in [-0.1, -0.05) is 17.7 Å². The van der Waals surface area contributed by atoms with Gasteiger partial charge in [0.1, 0.15) is 0 Å². The van der Waals surface area contributed by atoms with E-state index >= 15 is 0 Å². The van der Waals surface area contributed by atoms with Gasteiger partial charge in [0.25, 0.3) is 11.6 Å². The number of rotatable bonds is 2. The highest BCUT2D eigenvalue weighted by atomic mass is 35.5. The van der Waals surface area contributed by atoms with Gasteiger partial charge in [0.05, 0.1) is 12.1 Å². The van der Waals surface area contributed by atoms with Gasteiger partial charge in [0.2, 0.25) is 0 Å². The fourth-order valence-electron chi connectivity index (χ4n) is 2.39. The molecular formula is C16H11ClF3N3O2. The molecule has 0 saturated carbocycles. The lowest BCUT2D eigenvalue weighted by Crippen LogP contribution is -2.56. The Balaban J connectivity index is 2.04. The molecule has 1 aromatic heterocycles. The Morgan fingerprint density at radius 1 is 1.24 bits per heavy atom. The molecule has 0 spiro atoms. The van der Waals surface area contributed by atoms with Crippen molar-refractivity contribution in [2.75, 3.05) is 0 Å². The molecule has 2 heterocycles. The van der Waals surface area contributed by atoms with Crippen LogP contribution in [0.3, 0.4) is 0 Å². The van der Waals surface area contributed by atoms with E-state index in [4.69, 9.17) is 11.6 Å². The summed E-state index contributed by atoms with van der Waals surface area (Å²) >= 11 is 5.72. The van der Waals surface area contributed by atoms with E-state index in [1.54, 1.807) is 0 Å². The van der Waals surface area contributed by atoms with Gasteiger partial charge >= 0.3 is 6.18 Å². The van der Waals surface area contributed by atoms with E-state index in [0.717, 1.165) is 0 Å². The number of halogens is 4. The molecule has 0 saturated heterocycles. The maximum Gasteiger partial charge on any atom is 0.438 e. The first kappa shape index (κ1) is 17.4. The zero-order valence-corrected chi connectivity index (χ0v) is 13.3. The highest BCUT2D eigenvalue weighted by molar-refractivity contribution is 6.30. The molecule has 1 aromatic carbocycles. The van der Waals surface area contributed by atoms with E-state index in [0.29, 0.717) is 5.02 Å². The number of alkyl halides is 3. The van der Waals surface area contributed by atoms with Crippen molar-refractivity contribution in [1.29, 1.82) is 0 Å². The van der Waals surface area contributed by atoms with E-state index < -0.39 is 24.2 Å². The first-order valence-corrected chi connectivity index (χ1v) is 7.47. The molecule has 130 valence electrons. The summed E-state index contributed by atoms with van der Waals surface area (Å²) in [6, 6.07) is 8.28. The van der Waals surface area contributed by atoms with Crippen LogP contribution >= 0.6 is 11.6 Å². The van der Waals surface area contributed by atoms with Crippen LogP contribution in [-0.4, -0.2) is 38.6 Å². The number of nitrogens with zero attached hydrogens (tertiary/aromatic N) is 3. The molecule has 0 radical (unpaired) electrons. The summed E-state index contributed by atoms with van der Waals surface area (Å²) in [6.07, 6.45) is -3.22. The Bertz CT molecular complexity index is 825. The summed E-state index contributed by atoms with van der Waals surface area (Å²) in [4.78, 5) is 16.3. The lowest BCUT2D eigenvalue weighted by atomic mass is 10.0. The van der Waals surface area contributed by atoms with Crippen LogP contribution in [0, 0.1) is 0 Å². The van der Waals surface area contributed by atoms with Crippen molar-refractivity contribution in [1.82, 2.24) is 9.99 Å². The van der Waals surface area contributed by atoms with E-state index in [1.165, 1.54) is 48.8 Å². The second kappa shape index (κ2) is 6.12. The van der Waals surface area contributed by atoms with E-state index in [9.17, 15) is 23.1 Å². The third-order valence-electron chi connectivity index (χ3n) is 3.72. The van der Waals surface area contributed by atoms with Gasteiger partial charge in [0, 0.05) is 28.5 Å². The van der Waals surface area contributed by atoms with E-state index in [-0.39, 0.29) is 21.8 Å². The molecule has 1 atom stereocenters. The van der Waals surface area contributed by atoms with Gasteiger partial charge in [-0.3, -0.25) is 9.78 Å². The summed E-state index contributed by atoms with van der Waals surface area (Å²) in [5.74, 6) is -1.09. The quantitative estimate of drug-likeness (QED) is 0.883. The number of pyridine rings is 1. The molecule has 1 amide bonds. The maximum atomic E-state index is 13.5. The highest BCUT2D eigenvalue weighted by Gasteiger charge is 2.63. The van der Waals surface area contributed by atoms with Crippen molar-refractivity contribution in [3.63, 3.8) is 0 Å².